The molecule has 11 heteroatoms. The molecule has 0 aliphatic rings. The first-order chi connectivity index (χ1) is 16.7. The van der Waals surface area contributed by atoms with E-state index in [1.165, 1.54) is 25.3 Å². The average Bonchev–Trinajstić information content (AvgIpc) is 3.34. The highest BCUT2D eigenvalue weighted by Crippen LogP contribution is 2.36. The van der Waals surface area contributed by atoms with Crippen molar-refractivity contribution in [1.29, 1.82) is 0 Å². The molecule has 3 heterocycles. The number of nitrogens with zero attached hydrogens (tertiary/aromatic N) is 4. The van der Waals surface area contributed by atoms with Crippen molar-refractivity contribution in [3.8, 4) is 17.3 Å². The second-order valence-electron chi connectivity index (χ2n) is 8.12. The molecule has 0 saturated carbocycles. The number of hydrogen-bond acceptors (Lipinski definition) is 5. The Balaban J connectivity index is 1.80. The molecular formula is C24H21F2N5O3S. The van der Waals surface area contributed by atoms with E-state index in [2.05, 4.69) is 9.71 Å². The Labute approximate surface area is 199 Å². The van der Waals surface area contributed by atoms with E-state index in [0.29, 0.717) is 33.3 Å². The van der Waals surface area contributed by atoms with Crippen molar-refractivity contribution in [2.45, 2.75) is 13.5 Å². The van der Waals surface area contributed by atoms with Gasteiger partial charge in [0.15, 0.2) is 0 Å². The lowest BCUT2D eigenvalue weighted by molar-refractivity contribution is 0.457. The fourth-order valence-corrected chi connectivity index (χ4v) is 4.81. The van der Waals surface area contributed by atoms with Crippen molar-refractivity contribution in [3.63, 3.8) is 0 Å². The highest BCUT2D eigenvalue weighted by Gasteiger charge is 2.22. The van der Waals surface area contributed by atoms with Crippen molar-refractivity contribution in [2.75, 3.05) is 10.5 Å². The van der Waals surface area contributed by atoms with E-state index in [1.54, 1.807) is 46.6 Å². The minimum atomic E-state index is -3.59. The van der Waals surface area contributed by atoms with Gasteiger partial charge in [0, 0.05) is 42.0 Å². The fourth-order valence-electron chi connectivity index (χ4n) is 4.17. The number of aromatic hydroxyl groups is 1. The third kappa shape index (κ3) is 3.97. The maximum atomic E-state index is 14.6. The lowest BCUT2D eigenvalue weighted by Crippen LogP contribution is -2.14. The van der Waals surface area contributed by atoms with Gasteiger partial charge in [-0.1, -0.05) is 12.1 Å². The van der Waals surface area contributed by atoms with E-state index < -0.39 is 21.7 Å². The number of aromatic nitrogens is 4. The first kappa shape index (κ1) is 22.8. The van der Waals surface area contributed by atoms with E-state index >= 15 is 0 Å². The number of nitrogens with one attached hydrogen (secondary N) is 1. The van der Waals surface area contributed by atoms with E-state index in [9.17, 15) is 22.3 Å². The van der Waals surface area contributed by atoms with Crippen LogP contribution in [0, 0.1) is 11.6 Å². The zero-order valence-electron chi connectivity index (χ0n) is 18.8. The minimum Gasteiger partial charge on any atom is -0.492 e. The van der Waals surface area contributed by atoms with E-state index in [0.717, 1.165) is 6.07 Å². The minimum absolute atomic E-state index is 0.00931. The molecule has 2 N–H and O–H groups in total. The van der Waals surface area contributed by atoms with Crippen molar-refractivity contribution in [3.05, 3.63) is 72.1 Å². The maximum absolute atomic E-state index is 14.6. The molecule has 0 bridgehead atoms. The molecule has 0 fully saturated rings. The normalized spacial score (nSPS) is 12.0. The number of imidazole rings is 1. The summed E-state index contributed by atoms with van der Waals surface area (Å²) >= 11 is 0. The summed E-state index contributed by atoms with van der Waals surface area (Å²) in [5, 5.41) is 11.0. The molecule has 3 aromatic heterocycles. The number of anilines is 1. The SMILES string of the molecule is CCS(=O)(=O)Nc1cccc2c1nc(-c1cn(C)c3c(O)nccc13)n2Cc1ccc(F)cc1F. The van der Waals surface area contributed by atoms with E-state index in [4.69, 9.17) is 4.98 Å². The summed E-state index contributed by atoms with van der Waals surface area (Å²) in [6.07, 6.45) is 3.23. The van der Waals surface area contributed by atoms with Gasteiger partial charge < -0.3 is 14.2 Å². The van der Waals surface area contributed by atoms with Gasteiger partial charge in [-0.25, -0.2) is 27.2 Å². The Morgan fingerprint density at radius 2 is 1.94 bits per heavy atom. The molecule has 0 atom stereocenters. The summed E-state index contributed by atoms with van der Waals surface area (Å²) in [6, 6.07) is 10.1. The summed E-state index contributed by atoms with van der Waals surface area (Å²) in [7, 11) is -1.83. The van der Waals surface area contributed by atoms with Crippen LogP contribution in [0.5, 0.6) is 5.88 Å². The molecule has 5 rings (SSSR count). The molecule has 0 saturated heterocycles. The van der Waals surface area contributed by atoms with Gasteiger partial charge in [0.25, 0.3) is 0 Å². The van der Waals surface area contributed by atoms with Crippen molar-refractivity contribution < 1.29 is 22.3 Å². The highest BCUT2D eigenvalue weighted by atomic mass is 32.2. The van der Waals surface area contributed by atoms with Gasteiger partial charge in [-0.3, -0.25) is 4.72 Å². The summed E-state index contributed by atoms with van der Waals surface area (Å²) in [6.45, 7) is 1.54. The van der Waals surface area contributed by atoms with Crippen LogP contribution >= 0.6 is 0 Å². The van der Waals surface area contributed by atoms with Gasteiger partial charge in [-0.2, -0.15) is 0 Å². The van der Waals surface area contributed by atoms with Gasteiger partial charge in [0.1, 0.15) is 28.5 Å². The Morgan fingerprint density at radius 3 is 2.69 bits per heavy atom. The van der Waals surface area contributed by atoms with Gasteiger partial charge >= 0.3 is 0 Å². The largest absolute Gasteiger partial charge is 0.492 e. The molecule has 0 unspecified atom stereocenters. The van der Waals surface area contributed by atoms with Gasteiger partial charge in [0.2, 0.25) is 15.9 Å². The van der Waals surface area contributed by atoms with Crippen molar-refractivity contribution >= 4 is 37.6 Å². The number of halogens is 2. The highest BCUT2D eigenvalue weighted by molar-refractivity contribution is 7.92. The maximum Gasteiger partial charge on any atom is 0.236 e. The molecule has 5 aromatic rings. The number of aryl methyl sites for hydroxylation is 1. The molecule has 0 aliphatic heterocycles. The van der Waals surface area contributed by atoms with Crippen molar-refractivity contribution in [1.82, 2.24) is 19.1 Å². The zero-order valence-corrected chi connectivity index (χ0v) is 19.6. The van der Waals surface area contributed by atoms with Crippen LogP contribution in [0.1, 0.15) is 12.5 Å². The number of fused-ring (bicyclic) bond motifs is 2. The Kier molecular flexibility index (Phi) is 5.43. The van der Waals surface area contributed by atoms with Crippen LogP contribution in [-0.2, 0) is 23.6 Å². The summed E-state index contributed by atoms with van der Waals surface area (Å²) in [4.78, 5) is 8.70. The van der Waals surface area contributed by atoms with Crippen LogP contribution in [0.25, 0.3) is 33.3 Å². The summed E-state index contributed by atoms with van der Waals surface area (Å²) in [5.74, 6) is -1.24. The lowest BCUT2D eigenvalue weighted by Gasteiger charge is -2.11. The third-order valence-electron chi connectivity index (χ3n) is 5.88. The molecule has 2 aromatic carbocycles. The quantitative estimate of drug-likeness (QED) is 0.362. The predicted molar refractivity (Wildman–Crippen MR) is 130 cm³/mol. The molecule has 8 nitrogen and oxygen atoms in total. The average molecular weight is 498 g/mol. The first-order valence-corrected chi connectivity index (χ1v) is 12.4. The molecule has 180 valence electrons. The standard InChI is InChI=1S/C24H21F2N5O3S/c1-3-35(33,34)29-19-5-4-6-20-21(19)28-23(31(20)12-14-7-8-15(25)11-18(14)26)17-13-30(2)22-16(17)9-10-27-24(22)32/h4-11,13,29H,3,12H2,1-2H3,(H,27,32). The van der Waals surface area contributed by atoms with Gasteiger partial charge in [0.05, 0.1) is 23.5 Å². The second-order valence-corrected chi connectivity index (χ2v) is 10.1. The van der Waals surface area contributed by atoms with E-state index in [1.807, 2.05) is 0 Å². The number of pyridine rings is 1. The summed E-state index contributed by atoms with van der Waals surface area (Å²) < 4.78 is 58.7. The summed E-state index contributed by atoms with van der Waals surface area (Å²) in [5.41, 5.74) is 2.56. The predicted octanol–water partition coefficient (Wildman–Crippen LogP) is 4.38. The van der Waals surface area contributed by atoms with Crippen LogP contribution in [0.3, 0.4) is 0 Å². The number of sulfonamides is 1. The number of para-hydroxylation sites is 1. The van der Waals surface area contributed by atoms with Crippen LogP contribution in [0.4, 0.5) is 14.5 Å². The van der Waals surface area contributed by atoms with Crippen LogP contribution in [0.15, 0.2) is 54.9 Å². The fraction of sp³-hybridized carbons (Fsp3) is 0.167. The Morgan fingerprint density at radius 1 is 1.14 bits per heavy atom. The van der Waals surface area contributed by atoms with Gasteiger partial charge in [-0.05, 0) is 31.2 Å². The number of hydrogen-bond donors (Lipinski definition) is 2. The molecule has 0 aliphatic carbocycles. The van der Waals surface area contributed by atoms with E-state index in [-0.39, 0.29) is 29.4 Å². The molecule has 0 spiro atoms. The van der Waals surface area contributed by atoms with Crippen molar-refractivity contribution in [2.24, 2.45) is 7.05 Å². The van der Waals surface area contributed by atoms with Crippen LogP contribution < -0.4 is 4.72 Å². The first-order valence-electron chi connectivity index (χ1n) is 10.8. The lowest BCUT2D eigenvalue weighted by atomic mass is 10.1. The topological polar surface area (TPSA) is 102 Å². The van der Waals surface area contributed by atoms with Crippen LogP contribution in [0.2, 0.25) is 0 Å². The number of benzene rings is 2. The molecule has 0 amide bonds. The molecule has 35 heavy (non-hydrogen) atoms. The Hall–Kier alpha value is -3.99. The number of rotatable bonds is 6. The zero-order chi connectivity index (χ0) is 24.9. The second kappa shape index (κ2) is 8.35. The Bertz CT molecular complexity index is 1710. The van der Waals surface area contributed by atoms with Gasteiger partial charge in [-0.15, -0.1) is 0 Å². The molecule has 0 radical (unpaired) electrons. The third-order valence-corrected chi connectivity index (χ3v) is 7.17. The monoisotopic (exact) mass is 497 g/mol. The smallest absolute Gasteiger partial charge is 0.236 e. The van der Waals surface area contributed by atoms with Crippen LogP contribution in [-0.4, -0.2) is 38.4 Å². The molecular weight excluding hydrogens is 476 g/mol.